The zero-order chi connectivity index (χ0) is 27.8. The minimum Gasteiger partial charge on any atom is -0.493 e. The summed E-state index contributed by atoms with van der Waals surface area (Å²) in [4.78, 5) is 13.8. The van der Waals surface area contributed by atoms with Gasteiger partial charge in [0.2, 0.25) is 0 Å². The van der Waals surface area contributed by atoms with E-state index in [-0.39, 0.29) is 18.1 Å². The monoisotopic (exact) mass is 523 g/mol. The lowest BCUT2D eigenvalue weighted by atomic mass is 9.86. The maximum absolute atomic E-state index is 13.8. The van der Waals surface area contributed by atoms with Crippen molar-refractivity contribution in [2.45, 2.75) is 12.8 Å². The van der Waals surface area contributed by atoms with E-state index in [0.29, 0.717) is 40.7 Å². The van der Waals surface area contributed by atoms with E-state index in [1.165, 1.54) is 0 Å². The number of carbonyl (C=O) groups excluding carboxylic acids is 1. The van der Waals surface area contributed by atoms with Crippen LogP contribution in [0.4, 0.5) is 0 Å². The van der Waals surface area contributed by atoms with E-state index < -0.39 is 0 Å². The van der Waals surface area contributed by atoms with Crippen LogP contribution in [0.1, 0.15) is 33.5 Å². The summed E-state index contributed by atoms with van der Waals surface area (Å²) >= 11 is 0. The van der Waals surface area contributed by atoms with Gasteiger partial charge < -0.3 is 24.4 Å². The topological polar surface area (TPSA) is 77.8 Å². The van der Waals surface area contributed by atoms with Crippen molar-refractivity contribution >= 4 is 23.1 Å². The molecule has 0 amide bonds. The van der Waals surface area contributed by atoms with E-state index in [4.69, 9.17) is 24.4 Å². The number of ketones is 1. The molecular formula is C33H33NO5. The fourth-order valence-corrected chi connectivity index (χ4v) is 4.63. The van der Waals surface area contributed by atoms with Gasteiger partial charge in [-0.3, -0.25) is 4.79 Å². The Morgan fingerprint density at radius 1 is 0.821 bits per heavy atom. The molecule has 0 saturated heterocycles. The van der Waals surface area contributed by atoms with Crippen LogP contribution in [0.5, 0.6) is 23.0 Å². The zero-order valence-corrected chi connectivity index (χ0v) is 22.7. The molecule has 0 bridgehead atoms. The first-order valence-corrected chi connectivity index (χ1v) is 12.7. The number of methoxy groups -OCH3 is 4. The average molecular weight is 524 g/mol. The van der Waals surface area contributed by atoms with Crippen molar-refractivity contribution in [3.05, 3.63) is 107 Å². The van der Waals surface area contributed by atoms with Crippen LogP contribution >= 0.6 is 0 Å². The molecule has 6 heteroatoms. The van der Waals surface area contributed by atoms with Gasteiger partial charge in [-0.05, 0) is 59.0 Å². The largest absolute Gasteiger partial charge is 0.493 e. The van der Waals surface area contributed by atoms with E-state index in [0.717, 1.165) is 22.3 Å². The second-order valence-corrected chi connectivity index (χ2v) is 9.13. The van der Waals surface area contributed by atoms with Crippen LogP contribution in [-0.4, -0.2) is 39.9 Å². The third kappa shape index (κ3) is 6.47. The van der Waals surface area contributed by atoms with E-state index >= 15 is 0 Å². The Hall–Kier alpha value is -4.58. The zero-order valence-electron chi connectivity index (χ0n) is 22.7. The third-order valence-corrected chi connectivity index (χ3v) is 6.71. The number of hydrogen-bond donors (Lipinski definition) is 1. The Labute approximate surface area is 229 Å². The van der Waals surface area contributed by atoms with Crippen molar-refractivity contribution in [2.75, 3.05) is 28.4 Å². The number of Topliss-reactive ketones (excluding diaryl/α,β-unsaturated/α-hetero) is 1. The van der Waals surface area contributed by atoms with Crippen LogP contribution in [0.3, 0.4) is 0 Å². The molecule has 0 heterocycles. The lowest BCUT2D eigenvalue weighted by Gasteiger charge is -2.18. The van der Waals surface area contributed by atoms with Crippen LogP contribution in [0, 0.1) is 11.3 Å². The lowest BCUT2D eigenvalue weighted by molar-refractivity contribution is 0.0992. The number of hydrogen-bond acceptors (Lipinski definition) is 6. The smallest absolute Gasteiger partial charge is 0.167 e. The number of benzene rings is 3. The highest BCUT2D eigenvalue weighted by atomic mass is 16.5. The average Bonchev–Trinajstić information content (AvgIpc) is 2.97. The molecule has 0 aliphatic heterocycles. The van der Waals surface area contributed by atoms with Gasteiger partial charge in [-0.15, -0.1) is 0 Å². The molecule has 39 heavy (non-hydrogen) atoms. The Bertz CT molecular complexity index is 1440. The van der Waals surface area contributed by atoms with Gasteiger partial charge in [0, 0.05) is 23.6 Å². The quantitative estimate of drug-likeness (QED) is 0.220. The standard InChI is InChI=1S/C33H33NO5/c1-36-30-15-14-22(17-31(30)37-2)16-29(35)27-21-33(39-4)32(38-3)20-26(27)19-25(23-10-6-5-7-11-23)18-24-12-8-9-13-28(24)34/h5-15,17,19-21,24,34H,16,18H2,1-4H3. The number of allylic oxidation sites excluding steroid dienone is 5. The highest BCUT2D eigenvalue weighted by Crippen LogP contribution is 2.36. The second-order valence-electron chi connectivity index (χ2n) is 9.13. The number of nitrogens with one attached hydrogen (secondary N) is 1. The fraction of sp³-hybridized carbons (Fsp3) is 0.212. The Kier molecular flexibility index (Phi) is 9.00. The highest BCUT2D eigenvalue weighted by molar-refractivity contribution is 6.03. The Balaban J connectivity index is 1.79. The molecule has 200 valence electrons. The van der Waals surface area contributed by atoms with Crippen molar-refractivity contribution in [3.8, 4) is 23.0 Å². The van der Waals surface area contributed by atoms with Gasteiger partial charge in [-0.25, -0.2) is 0 Å². The molecule has 1 aliphatic rings. The van der Waals surface area contributed by atoms with Crippen molar-refractivity contribution in [3.63, 3.8) is 0 Å². The molecule has 3 aromatic rings. The van der Waals surface area contributed by atoms with Gasteiger partial charge in [0.25, 0.3) is 0 Å². The van der Waals surface area contributed by atoms with Gasteiger partial charge in [-0.1, -0.05) is 60.7 Å². The fourth-order valence-electron chi connectivity index (χ4n) is 4.63. The van der Waals surface area contributed by atoms with Gasteiger partial charge in [0.15, 0.2) is 28.8 Å². The van der Waals surface area contributed by atoms with Crippen molar-refractivity contribution in [2.24, 2.45) is 5.92 Å². The Morgan fingerprint density at radius 3 is 2.15 bits per heavy atom. The van der Waals surface area contributed by atoms with Crippen LogP contribution < -0.4 is 18.9 Å². The molecule has 1 atom stereocenters. The molecule has 0 radical (unpaired) electrons. The predicted molar refractivity (Wildman–Crippen MR) is 156 cm³/mol. The first-order chi connectivity index (χ1) is 19.0. The van der Waals surface area contributed by atoms with Crippen LogP contribution in [-0.2, 0) is 6.42 Å². The maximum Gasteiger partial charge on any atom is 0.167 e. The summed E-state index contributed by atoms with van der Waals surface area (Å²) in [5, 5.41) is 8.42. The van der Waals surface area contributed by atoms with E-state index in [1.807, 2.05) is 78.9 Å². The van der Waals surface area contributed by atoms with Crippen molar-refractivity contribution < 1.29 is 23.7 Å². The highest BCUT2D eigenvalue weighted by Gasteiger charge is 2.20. The van der Waals surface area contributed by atoms with E-state index in [9.17, 15) is 4.79 Å². The van der Waals surface area contributed by atoms with Crippen molar-refractivity contribution in [1.82, 2.24) is 0 Å². The Morgan fingerprint density at radius 2 is 1.49 bits per heavy atom. The first-order valence-electron chi connectivity index (χ1n) is 12.7. The maximum atomic E-state index is 13.8. The molecule has 1 unspecified atom stereocenters. The summed E-state index contributed by atoms with van der Waals surface area (Å²) in [7, 11) is 6.29. The third-order valence-electron chi connectivity index (χ3n) is 6.71. The normalized spacial score (nSPS) is 14.7. The number of rotatable bonds is 11. The van der Waals surface area contributed by atoms with Crippen LogP contribution in [0.15, 0.2) is 85.0 Å². The molecule has 3 aromatic carbocycles. The van der Waals surface area contributed by atoms with Crippen molar-refractivity contribution in [1.29, 1.82) is 5.41 Å². The molecule has 0 aromatic heterocycles. The predicted octanol–water partition coefficient (Wildman–Crippen LogP) is 6.84. The van der Waals surface area contributed by atoms with Gasteiger partial charge in [0.05, 0.1) is 28.4 Å². The SMILES string of the molecule is COc1ccc(CC(=O)c2cc(OC)c(OC)cc2C=C(CC2C=CC=CC2=N)c2ccccc2)cc1OC. The van der Waals surface area contributed by atoms with E-state index in [1.54, 1.807) is 40.6 Å². The molecule has 1 N–H and O–H groups in total. The molecule has 0 saturated carbocycles. The summed E-state index contributed by atoms with van der Waals surface area (Å²) in [6.07, 6.45) is 10.5. The van der Waals surface area contributed by atoms with Gasteiger partial charge in [-0.2, -0.15) is 0 Å². The molecular weight excluding hydrogens is 490 g/mol. The summed E-state index contributed by atoms with van der Waals surface area (Å²) < 4.78 is 21.9. The summed E-state index contributed by atoms with van der Waals surface area (Å²) in [6.45, 7) is 0. The number of carbonyl (C=O) groups is 1. The summed E-state index contributed by atoms with van der Waals surface area (Å²) in [6, 6.07) is 19.1. The molecule has 1 aliphatic carbocycles. The van der Waals surface area contributed by atoms with Gasteiger partial charge >= 0.3 is 0 Å². The number of ether oxygens (including phenoxy) is 4. The summed E-state index contributed by atoms with van der Waals surface area (Å²) in [5.74, 6) is 2.05. The van der Waals surface area contributed by atoms with Crippen LogP contribution in [0.2, 0.25) is 0 Å². The molecule has 4 rings (SSSR count). The second kappa shape index (κ2) is 12.8. The minimum atomic E-state index is -0.0740. The van der Waals surface area contributed by atoms with E-state index in [2.05, 4.69) is 0 Å². The minimum absolute atomic E-state index is 0.0625. The molecule has 0 spiro atoms. The lowest BCUT2D eigenvalue weighted by Crippen LogP contribution is -2.12. The summed E-state index contributed by atoms with van der Waals surface area (Å²) in [5.41, 5.74) is 4.64. The molecule has 0 fully saturated rings. The van der Waals surface area contributed by atoms with Crippen LogP contribution in [0.25, 0.3) is 11.6 Å². The van der Waals surface area contributed by atoms with Gasteiger partial charge in [0.1, 0.15) is 0 Å². The molecule has 6 nitrogen and oxygen atoms in total. The first kappa shape index (κ1) is 27.5.